The van der Waals surface area contributed by atoms with Crippen molar-refractivity contribution in [1.29, 1.82) is 5.26 Å². The quantitative estimate of drug-likeness (QED) is 0.615. The molecule has 32 heavy (non-hydrogen) atoms. The van der Waals surface area contributed by atoms with Gasteiger partial charge in [-0.1, -0.05) is 23.7 Å². The van der Waals surface area contributed by atoms with E-state index in [1.165, 1.54) is 12.1 Å². The number of nitrogens with zero attached hydrogens (tertiary/aromatic N) is 4. The fourth-order valence-corrected chi connectivity index (χ4v) is 3.93. The zero-order chi connectivity index (χ0) is 22.7. The molecule has 0 saturated carbocycles. The molecule has 4 rings (SSSR count). The van der Waals surface area contributed by atoms with Crippen LogP contribution in [0.3, 0.4) is 0 Å². The van der Waals surface area contributed by atoms with Gasteiger partial charge in [0.15, 0.2) is 0 Å². The first-order valence-corrected chi connectivity index (χ1v) is 10.5. The second kappa shape index (κ2) is 9.20. The van der Waals surface area contributed by atoms with Crippen LogP contribution in [0.25, 0.3) is 11.3 Å². The molecule has 7 nitrogen and oxygen atoms in total. The molecule has 1 aromatic heterocycles. The Morgan fingerprint density at radius 2 is 2.09 bits per heavy atom. The molecule has 0 radical (unpaired) electrons. The van der Waals surface area contributed by atoms with Crippen molar-refractivity contribution in [2.24, 2.45) is 5.92 Å². The number of amides is 1. The number of carbonyl (C=O) groups is 1. The summed E-state index contributed by atoms with van der Waals surface area (Å²) in [5.74, 6) is -0.340. The van der Waals surface area contributed by atoms with Crippen LogP contribution >= 0.6 is 11.6 Å². The molecule has 1 atom stereocenters. The van der Waals surface area contributed by atoms with Gasteiger partial charge in [-0.3, -0.25) is 4.79 Å². The molecule has 1 amide bonds. The summed E-state index contributed by atoms with van der Waals surface area (Å²) >= 11 is 6.00. The maximum absolute atomic E-state index is 14.1. The van der Waals surface area contributed by atoms with E-state index in [0.29, 0.717) is 40.9 Å². The summed E-state index contributed by atoms with van der Waals surface area (Å²) < 4.78 is 14.1. The number of carbonyl (C=O) groups excluding carboxylic acids is 1. The van der Waals surface area contributed by atoms with E-state index in [0.717, 1.165) is 12.8 Å². The van der Waals surface area contributed by atoms with Crippen LogP contribution in [0.1, 0.15) is 18.4 Å². The highest BCUT2D eigenvalue weighted by Gasteiger charge is 2.27. The Morgan fingerprint density at radius 3 is 2.84 bits per heavy atom. The van der Waals surface area contributed by atoms with E-state index >= 15 is 0 Å². The molecule has 9 heteroatoms. The number of piperidine rings is 1. The van der Waals surface area contributed by atoms with Gasteiger partial charge in [-0.2, -0.15) is 10.2 Å². The van der Waals surface area contributed by atoms with Crippen LogP contribution in [-0.4, -0.2) is 29.0 Å². The third-order valence-corrected chi connectivity index (χ3v) is 5.56. The van der Waals surface area contributed by atoms with Gasteiger partial charge in [0, 0.05) is 35.4 Å². The summed E-state index contributed by atoms with van der Waals surface area (Å²) in [4.78, 5) is 23.3. The molecule has 3 N–H and O–H groups in total. The van der Waals surface area contributed by atoms with Crippen LogP contribution in [0.5, 0.6) is 0 Å². The van der Waals surface area contributed by atoms with Crippen molar-refractivity contribution >= 4 is 35.0 Å². The van der Waals surface area contributed by atoms with E-state index in [4.69, 9.17) is 22.6 Å². The summed E-state index contributed by atoms with van der Waals surface area (Å²) in [6.45, 7) is 1.17. The Hall–Kier alpha value is -3.70. The number of nitrogens with one attached hydrogen (secondary N) is 1. The zero-order valence-corrected chi connectivity index (χ0v) is 17.8. The minimum atomic E-state index is -0.626. The van der Waals surface area contributed by atoms with Crippen molar-refractivity contribution in [3.05, 3.63) is 64.9 Å². The zero-order valence-electron chi connectivity index (χ0n) is 17.1. The average Bonchev–Trinajstić information content (AvgIpc) is 2.78. The lowest BCUT2D eigenvalue weighted by Gasteiger charge is -2.33. The van der Waals surface area contributed by atoms with Crippen LogP contribution in [0.4, 0.5) is 21.8 Å². The van der Waals surface area contributed by atoms with E-state index in [2.05, 4.69) is 15.3 Å². The van der Waals surface area contributed by atoms with Crippen molar-refractivity contribution < 1.29 is 9.18 Å². The van der Waals surface area contributed by atoms with Crippen molar-refractivity contribution in [3.63, 3.8) is 0 Å². The van der Waals surface area contributed by atoms with Gasteiger partial charge in [-0.25, -0.2) is 9.37 Å². The highest BCUT2D eigenvalue weighted by atomic mass is 35.5. The second-order valence-electron chi connectivity index (χ2n) is 7.56. The summed E-state index contributed by atoms with van der Waals surface area (Å²) in [7, 11) is 0. The number of anilines is 3. The van der Waals surface area contributed by atoms with Crippen LogP contribution < -0.4 is 16.0 Å². The van der Waals surface area contributed by atoms with Crippen LogP contribution in [0.15, 0.2) is 48.5 Å². The largest absolute Gasteiger partial charge is 0.368 e. The molecule has 0 spiro atoms. The molecule has 1 aliphatic heterocycles. The van der Waals surface area contributed by atoms with E-state index < -0.39 is 5.82 Å². The maximum Gasteiger partial charge on any atom is 0.229 e. The van der Waals surface area contributed by atoms with Crippen LogP contribution in [-0.2, 0) is 4.79 Å². The third kappa shape index (κ3) is 4.79. The van der Waals surface area contributed by atoms with Crippen molar-refractivity contribution in [2.75, 3.05) is 29.0 Å². The summed E-state index contributed by atoms with van der Waals surface area (Å²) in [6.07, 6.45) is 1.55. The molecule has 1 unspecified atom stereocenters. The monoisotopic (exact) mass is 450 g/mol. The number of hydrogen-bond donors (Lipinski definition) is 2. The summed E-state index contributed by atoms with van der Waals surface area (Å²) in [6, 6.07) is 14.8. The second-order valence-corrected chi connectivity index (χ2v) is 8.00. The van der Waals surface area contributed by atoms with Gasteiger partial charge < -0.3 is 16.0 Å². The normalized spacial score (nSPS) is 15.8. The van der Waals surface area contributed by atoms with Crippen molar-refractivity contribution in [1.82, 2.24) is 9.97 Å². The SMILES string of the molecule is N#Cc1ccc(-c2cc(N3CCCC(C(=O)Nc4cccc(Cl)c4)C3)nc(N)n2)cc1F. The molecule has 2 heterocycles. The Morgan fingerprint density at radius 1 is 1.25 bits per heavy atom. The maximum atomic E-state index is 14.1. The molecule has 162 valence electrons. The molecule has 2 aromatic carbocycles. The van der Waals surface area contributed by atoms with E-state index in [1.807, 2.05) is 4.90 Å². The Kier molecular flexibility index (Phi) is 6.19. The molecule has 0 aliphatic carbocycles. The summed E-state index contributed by atoms with van der Waals surface area (Å²) in [5.41, 5.74) is 7.47. The smallest absolute Gasteiger partial charge is 0.229 e. The number of benzene rings is 2. The average molecular weight is 451 g/mol. The number of hydrogen-bond acceptors (Lipinski definition) is 6. The first-order valence-electron chi connectivity index (χ1n) is 10.1. The summed E-state index contributed by atoms with van der Waals surface area (Å²) in [5, 5.41) is 12.4. The molecule has 3 aromatic rings. The molecule has 1 aliphatic rings. The predicted molar refractivity (Wildman–Crippen MR) is 122 cm³/mol. The van der Waals surface area contributed by atoms with Gasteiger partial charge in [0.1, 0.15) is 17.7 Å². The highest BCUT2D eigenvalue weighted by molar-refractivity contribution is 6.30. The molecule has 0 bridgehead atoms. The van der Waals surface area contributed by atoms with Gasteiger partial charge in [0.05, 0.1) is 17.2 Å². The molecular weight excluding hydrogens is 431 g/mol. The lowest BCUT2D eigenvalue weighted by atomic mass is 9.97. The standard InChI is InChI=1S/C23H20ClFN6O/c24-17-4-1-5-18(10-17)28-22(32)16-3-2-8-31(13-16)21-11-20(29-23(27)30-21)14-6-7-15(12-26)19(25)9-14/h1,4-7,9-11,16H,2-3,8,13H2,(H,28,32)(H2,27,29,30). The lowest BCUT2D eigenvalue weighted by Crippen LogP contribution is -2.41. The molecule has 1 fully saturated rings. The number of nitriles is 1. The van der Waals surface area contributed by atoms with Gasteiger partial charge in [0.25, 0.3) is 0 Å². The Labute approximate surface area is 189 Å². The third-order valence-electron chi connectivity index (χ3n) is 5.32. The van der Waals surface area contributed by atoms with Gasteiger partial charge >= 0.3 is 0 Å². The van der Waals surface area contributed by atoms with Gasteiger partial charge in [-0.15, -0.1) is 0 Å². The van der Waals surface area contributed by atoms with Gasteiger partial charge in [0.2, 0.25) is 11.9 Å². The number of aromatic nitrogens is 2. The Balaban J connectivity index is 1.54. The van der Waals surface area contributed by atoms with Crippen LogP contribution in [0.2, 0.25) is 5.02 Å². The van der Waals surface area contributed by atoms with Gasteiger partial charge in [-0.05, 0) is 43.2 Å². The van der Waals surface area contributed by atoms with Crippen molar-refractivity contribution in [3.8, 4) is 17.3 Å². The number of rotatable bonds is 4. The fraction of sp³-hybridized carbons (Fsp3) is 0.217. The number of halogens is 2. The molecule has 1 saturated heterocycles. The first kappa shape index (κ1) is 21.5. The van der Waals surface area contributed by atoms with E-state index in [-0.39, 0.29) is 23.3 Å². The fourth-order valence-electron chi connectivity index (χ4n) is 3.74. The Bertz CT molecular complexity index is 1210. The highest BCUT2D eigenvalue weighted by Crippen LogP contribution is 2.28. The predicted octanol–water partition coefficient (Wildman–Crippen LogP) is 4.25. The topological polar surface area (TPSA) is 108 Å². The lowest BCUT2D eigenvalue weighted by molar-refractivity contribution is -0.120. The number of nitrogens with two attached hydrogens (primary N) is 1. The number of nitrogen functional groups attached to an aromatic ring is 1. The minimum absolute atomic E-state index is 0.0411. The van der Waals surface area contributed by atoms with E-state index in [9.17, 15) is 9.18 Å². The first-order chi connectivity index (χ1) is 15.4. The van der Waals surface area contributed by atoms with Crippen molar-refractivity contribution in [2.45, 2.75) is 12.8 Å². The molecular formula is C23H20ClFN6O. The minimum Gasteiger partial charge on any atom is -0.368 e. The van der Waals surface area contributed by atoms with Crippen LogP contribution in [0, 0.1) is 23.1 Å². The van der Waals surface area contributed by atoms with E-state index in [1.54, 1.807) is 42.5 Å².